The van der Waals surface area contributed by atoms with Crippen LogP contribution in [0, 0.1) is 17.5 Å². The second-order valence-electron chi connectivity index (χ2n) is 3.68. The standard InChI is InChI=1S/C11H12F3NO2/c12-6-4-7(13)11(8(14)5-6)9(15)2-1-3-10(16)17/h4-5,9H,1-3,15H2,(H,16,17). The van der Waals surface area contributed by atoms with Gasteiger partial charge in [-0.05, 0) is 12.8 Å². The van der Waals surface area contributed by atoms with E-state index in [0.29, 0.717) is 12.1 Å². The number of halogens is 3. The Morgan fingerprint density at radius 2 is 1.82 bits per heavy atom. The molecule has 17 heavy (non-hydrogen) atoms. The Kier molecular flexibility index (Phi) is 4.51. The van der Waals surface area contributed by atoms with Crippen LogP contribution in [0.5, 0.6) is 0 Å². The first-order valence-electron chi connectivity index (χ1n) is 5.03. The van der Waals surface area contributed by atoms with Crippen LogP contribution in [0.3, 0.4) is 0 Å². The lowest BCUT2D eigenvalue weighted by molar-refractivity contribution is -0.137. The zero-order valence-electron chi connectivity index (χ0n) is 8.92. The van der Waals surface area contributed by atoms with E-state index in [1.165, 1.54) is 0 Å². The highest BCUT2D eigenvalue weighted by molar-refractivity contribution is 5.66. The molecule has 1 aromatic rings. The number of rotatable bonds is 5. The summed E-state index contributed by atoms with van der Waals surface area (Å²) in [6, 6.07) is 0.125. The second kappa shape index (κ2) is 5.67. The lowest BCUT2D eigenvalue weighted by atomic mass is 10.0. The predicted octanol–water partition coefficient (Wildman–Crippen LogP) is 2.36. The smallest absolute Gasteiger partial charge is 0.303 e. The van der Waals surface area contributed by atoms with E-state index >= 15 is 0 Å². The van der Waals surface area contributed by atoms with Crippen molar-refractivity contribution in [3.05, 3.63) is 35.1 Å². The number of carboxylic acids is 1. The van der Waals surface area contributed by atoms with Crippen molar-refractivity contribution in [1.29, 1.82) is 0 Å². The van der Waals surface area contributed by atoms with Gasteiger partial charge in [-0.15, -0.1) is 0 Å². The van der Waals surface area contributed by atoms with Gasteiger partial charge >= 0.3 is 5.97 Å². The molecule has 0 fully saturated rings. The van der Waals surface area contributed by atoms with E-state index in [1.807, 2.05) is 0 Å². The van der Waals surface area contributed by atoms with Gasteiger partial charge in [0, 0.05) is 30.2 Å². The Morgan fingerprint density at radius 1 is 1.29 bits per heavy atom. The maximum Gasteiger partial charge on any atom is 0.303 e. The first kappa shape index (κ1) is 13.5. The molecule has 6 heteroatoms. The van der Waals surface area contributed by atoms with Crippen molar-refractivity contribution in [3.8, 4) is 0 Å². The molecule has 3 N–H and O–H groups in total. The Labute approximate surface area is 96.0 Å². The van der Waals surface area contributed by atoms with E-state index < -0.39 is 35.0 Å². The summed E-state index contributed by atoms with van der Waals surface area (Å²) in [5.41, 5.74) is 5.13. The highest BCUT2D eigenvalue weighted by atomic mass is 19.1. The minimum absolute atomic E-state index is 0.117. The molecular formula is C11H12F3NO2. The number of carboxylic acid groups (broad SMARTS) is 1. The fraction of sp³-hybridized carbons (Fsp3) is 0.364. The molecule has 0 aliphatic rings. The molecule has 0 heterocycles. The Morgan fingerprint density at radius 3 is 2.29 bits per heavy atom. The topological polar surface area (TPSA) is 63.3 Å². The molecule has 0 aliphatic heterocycles. The quantitative estimate of drug-likeness (QED) is 0.839. The second-order valence-corrected chi connectivity index (χ2v) is 3.68. The van der Waals surface area contributed by atoms with Crippen LogP contribution in [0.2, 0.25) is 0 Å². The molecule has 3 nitrogen and oxygen atoms in total. The molecule has 1 aromatic carbocycles. The van der Waals surface area contributed by atoms with Gasteiger partial charge in [-0.3, -0.25) is 4.79 Å². The van der Waals surface area contributed by atoms with Crippen LogP contribution >= 0.6 is 0 Å². The number of benzene rings is 1. The van der Waals surface area contributed by atoms with Crippen molar-refractivity contribution in [3.63, 3.8) is 0 Å². The Hall–Kier alpha value is -1.56. The van der Waals surface area contributed by atoms with Crippen LogP contribution in [0.25, 0.3) is 0 Å². The third-order valence-electron chi connectivity index (χ3n) is 2.32. The molecule has 0 aliphatic carbocycles. The molecule has 0 spiro atoms. The van der Waals surface area contributed by atoms with Crippen LogP contribution in [0.15, 0.2) is 12.1 Å². The van der Waals surface area contributed by atoms with Crippen molar-refractivity contribution < 1.29 is 23.1 Å². The summed E-state index contributed by atoms with van der Waals surface area (Å²) in [7, 11) is 0. The van der Waals surface area contributed by atoms with E-state index in [9.17, 15) is 18.0 Å². The molecule has 0 radical (unpaired) electrons. The largest absolute Gasteiger partial charge is 0.481 e. The normalized spacial score (nSPS) is 12.5. The van der Waals surface area contributed by atoms with Crippen LogP contribution in [-0.4, -0.2) is 11.1 Å². The first-order valence-corrected chi connectivity index (χ1v) is 5.03. The summed E-state index contributed by atoms with van der Waals surface area (Å²) in [6.45, 7) is 0. The molecule has 0 aromatic heterocycles. The van der Waals surface area contributed by atoms with Gasteiger partial charge in [-0.25, -0.2) is 13.2 Å². The van der Waals surface area contributed by atoms with Crippen molar-refractivity contribution in [2.45, 2.75) is 25.3 Å². The third-order valence-corrected chi connectivity index (χ3v) is 2.32. The number of nitrogens with two attached hydrogens (primary N) is 1. The van der Waals surface area contributed by atoms with Crippen molar-refractivity contribution in [2.75, 3.05) is 0 Å². The molecule has 1 rings (SSSR count). The fourth-order valence-corrected chi connectivity index (χ4v) is 1.53. The molecule has 0 saturated carbocycles. The zero-order valence-corrected chi connectivity index (χ0v) is 8.92. The minimum atomic E-state index is -1.05. The summed E-state index contributed by atoms with van der Waals surface area (Å²) in [5, 5.41) is 8.40. The van der Waals surface area contributed by atoms with Crippen LogP contribution in [-0.2, 0) is 4.79 Å². The van der Waals surface area contributed by atoms with Crippen LogP contribution in [0.4, 0.5) is 13.2 Å². The average molecular weight is 247 g/mol. The van der Waals surface area contributed by atoms with Crippen molar-refractivity contribution in [2.24, 2.45) is 5.73 Å². The molecule has 0 amide bonds. The first-order chi connectivity index (χ1) is 7.91. The maximum absolute atomic E-state index is 13.3. The lowest BCUT2D eigenvalue weighted by Crippen LogP contribution is -2.15. The Bertz CT molecular complexity index is 400. The maximum atomic E-state index is 13.3. The van der Waals surface area contributed by atoms with Gasteiger partial charge < -0.3 is 10.8 Å². The number of hydrogen-bond acceptors (Lipinski definition) is 2. The van der Waals surface area contributed by atoms with Crippen molar-refractivity contribution in [1.82, 2.24) is 0 Å². The van der Waals surface area contributed by atoms with Gasteiger partial charge in [0.15, 0.2) is 0 Å². The predicted molar refractivity (Wildman–Crippen MR) is 54.7 cm³/mol. The van der Waals surface area contributed by atoms with E-state index in [1.54, 1.807) is 0 Å². The van der Waals surface area contributed by atoms with Gasteiger partial charge in [-0.1, -0.05) is 0 Å². The molecule has 0 bridgehead atoms. The Balaban J connectivity index is 2.75. The van der Waals surface area contributed by atoms with E-state index in [2.05, 4.69) is 0 Å². The van der Waals surface area contributed by atoms with Gasteiger partial charge in [0.05, 0.1) is 0 Å². The third kappa shape index (κ3) is 3.74. The molecular weight excluding hydrogens is 235 g/mol. The van der Waals surface area contributed by atoms with E-state index in [0.717, 1.165) is 0 Å². The fourth-order valence-electron chi connectivity index (χ4n) is 1.53. The monoisotopic (exact) mass is 247 g/mol. The van der Waals surface area contributed by atoms with E-state index in [-0.39, 0.29) is 19.3 Å². The highest BCUT2D eigenvalue weighted by Crippen LogP contribution is 2.24. The average Bonchev–Trinajstić information content (AvgIpc) is 2.14. The zero-order chi connectivity index (χ0) is 13.0. The molecule has 0 saturated heterocycles. The van der Waals surface area contributed by atoms with Gasteiger partial charge in [-0.2, -0.15) is 0 Å². The summed E-state index contributed by atoms with van der Waals surface area (Å²) in [5.74, 6) is -4.12. The van der Waals surface area contributed by atoms with E-state index in [4.69, 9.17) is 10.8 Å². The lowest BCUT2D eigenvalue weighted by Gasteiger charge is -2.13. The molecule has 1 unspecified atom stereocenters. The molecule has 94 valence electrons. The highest BCUT2D eigenvalue weighted by Gasteiger charge is 2.18. The van der Waals surface area contributed by atoms with Crippen LogP contribution < -0.4 is 5.73 Å². The van der Waals surface area contributed by atoms with Gasteiger partial charge in [0.25, 0.3) is 0 Å². The summed E-state index contributed by atoms with van der Waals surface area (Å²) in [4.78, 5) is 10.3. The summed E-state index contributed by atoms with van der Waals surface area (Å²) in [6.07, 6.45) is 0.191. The van der Waals surface area contributed by atoms with Crippen molar-refractivity contribution >= 4 is 5.97 Å². The molecule has 1 atom stereocenters. The number of carbonyl (C=O) groups is 1. The summed E-state index contributed by atoms with van der Waals surface area (Å²) >= 11 is 0. The number of aliphatic carboxylic acids is 1. The van der Waals surface area contributed by atoms with Gasteiger partial charge in [0.1, 0.15) is 17.5 Å². The van der Waals surface area contributed by atoms with Gasteiger partial charge in [0.2, 0.25) is 0 Å². The SMILES string of the molecule is NC(CCCC(=O)O)c1c(F)cc(F)cc1F. The summed E-state index contributed by atoms with van der Waals surface area (Å²) < 4.78 is 39.2. The minimum Gasteiger partial charge on any atom is -0.481 e. The number of hydrogen-bond donors (Lipinski definition) is 2. The van der Waals surface area contributed by atoms with Crippen LogP contribution in [0.1, 0.15) is 30.9 Å².